The standard InChI is InChI=1S/C16H22FNO2/c1-11(2)13-5-7-18(8-6-13)10-12-3-4-15(17)14(9-12)16(19)20/h3-4,9,11,13H,5-8,10H2,1-2H3,(H,19,20). The van der Waals surface area contributed by atoms with E-state index < -0.39 is 11.8 Å². The number of carbonyl (C=O) groups is 1. The first kappa shape index (κ1) is 15.0. The first-order chi connectivity index (χ1) is 9.47. The molecule has 0 aromatic heterocycles. The Morgan fingerprint density at radius 3 is 2.60 bits per heavy atom. The van der Waals surface area contributed by atoms with Crippen LogP contribution in [-0.4, -0.2) is 29.1 Å². The second kappa shape index (κ2) is 6.35. The number of benzene rings is 1. The minimum Gasteiger partial charge on any atom is -0.478 e. The minimum absolute atomic E-state index is 0.237. The van der Waals surface area contributed by atoms with Gasteiger partial charge in [0.25, 0.3) is 0 Å². The van der Waals surface area contributed by atoms with Crippen molar-refractivity contribution in [2.75, 3.05) is 13.1 Å². The van der Waals surface area contributed by atoms with Crippen molar-refractivity contribution in [1.82, 2.24) is 4.90 Å². The number of carboxylic acids is 1. The quantitative estimate of drug-likeness (QED) is 0.918. The van der Waals surface area contributed by atoms with Gasteiger partial charge in [-0.3, -0.25) is 4.90 Å². The molecule has 0 bridgehead atoms. The highest BCUT2D eigenvalue weighted by molar-refractivity contribution is 5.88. The molecule has 1 aromatic carbocycles. The third-order valence-electron chi connectivity index (χ3n) is 4.24. The number of piperidine rings is 1. The van der Waals surface area contributed by atoms with Crippen molar-refractivity contribution in [2.45, 2.75) is 33.2 Å². The highest BCUT2D eigenvalue weighted by Gasteiger charge is 2.21. The van der Waals surface area contributed by atoms with E-state index in [1.807, 2.05) is 0 Å². The van der Waals surface area contributed by atoms with Crippen molar-refractivity contribution in [3.05, 3.63) is 35.1 Å². The highest BCUT2D eigenvalue weighted by Crippen LogP contribution is 2.25. The third-order valence-corrected chi connectivity index (χ3v) is 4.24. The summed E-state index contributed by atoms with van der Waals surface area (Å²) in [5.74, 6) is -0.363. The molecule has 110 valence electrons. The van der Waals surface area contributed by atoms with Crippen LogP contribution in [0.1, 0.15) is 42.6 Å². The van der Waals surface area contributed by atoms with E-state index in [-0.39, 0.29) is 5.56 Å². The molecule has 3 nitrogen and oxygen atoms in total. The fraction of sp³-hybridized carbons (Fsp3) is 0.562. The van der Waals surface area contributed by atoms with Crippen molar-refractivity contribution in [3.63, 3.8) is 0 Å². The zero-order chi connectivity index (χ0) is 14.7. The summed E-state index contributed by atoms with van der Waals surface area (Å²) in [5, 5.41) is 8.94. The SMILES string of the molecule is CC(C)C1CCN(Cc2ccc(F)c(C(=O)O)c2)CC1. The maximum atomic E-state index is 13.3. The van der Waals surface area contributed by atoms with Crippen LogP contribution < -0.4 is 0 Å². The lowest BCUT2D eigenvalue weighted by molar-refractivity contribution is 0.0691. The van der Waals surface area contributed by atoms with Gasteiger partial charge in [0, 0.05) is 6.54 Å². The summed E-state index contributed by atoms with van der Waals surface area (Å²) in [6.45, 7) is 7.29. The molecule has 0 unspecified atom stereocenters. The van der Waals surface area contributed by atoms with Crippen molar-refractivity contribution in [2.24, 2.45) is 11.8 Å². The largest absolute Gasteiger partial charge is 0.478 e. The molecule has 0 atom stereocenters. The molecular formula is C16H22FNO2. The molecule has 0 aliphatic carbocycles. The normalized spacial score (nSPS) is 17.6. The van der Waals surface area contributed by atoms with Crippen molar-refractivity contribution in [3.8, 4) is 0 Å². The number of nitrogens with zero attached hydrogens (tertiary/aromatic N) is 1. The van der Waals surface area contributed by atoms with E-state index in [2.05, 4.69) is 18.7 Å². The molecule has 2 rings (SSSR count). The molecule has 0 spiro atoms. The molecule has 4 heteroatoms. The summed E-state index contributed by atoms with van der Waals surface area (Å²) < 4.78 is 13.3. The maximum absolute atomic E-state index is 13.3. The van der Waals surface area contributed by atoms with Gasteiger partial charge in [0.2, 0.25) is 0 Å². The number of hydrogen-bond acceptors (Lipinski definition) is 2. The summed E-state index contributed by atoms with van der Waals surface area (Å²) in [7, 11) is 0. The van der Waals surface area contributed by atoms with Gasteiger partial charge in [-0.1, -0.05) is 19.9 Å². The van der Waals surface area contributed by atoms with E-state index in [1.165, 1.54) is 25.0 Å². The van der Waals surface area contributed by atoms with Crippen molar-refractivity contribution < 1.29 is 14.3 Å². The van der Waals surface area contributed by atoms with Crippen LogP contribution in [-0.2, 0) is 6.54 Å². The molecule has 1 fully saturated rings. The van der Waals surface area contributed by atoms with E-state index in [9.17, 15) is 9.18 Å². The Kier molecular flexibility index (Phi) is 4.76. The van der Waals surface area contributed by atoms with Crippen LogP contribution in [0, 0.1) is 17.7 Å². The van der Waals surface area contributed by atoms with Gasteiger partial charge in [0.05, 0.1) is 5.56 Å². The van der Waals surface area contributed by atoms with Gasteiger partial charge in [0.1, 0.15) is 5.82 Å². The molecule has 0 radical (unpaired) electrons. The first-order valence-corrected chi connectivity index (χ1v) is 7.21. The third kappa shape index (κ3) is 3.57. The number of rotatable bonds is 4. The number of hydrogen-bond donors (Lipinski definition) is 1. The Bertz CT molecular complexity index is 479. The van der Waals surface area contributed by atoms with Crippen LogP contribution in [0.3, 0.4) is 0 Å². The van der Waals surface area contributed by atoms with E-state index in [4.69, 9.17) is 5.11 Å². The maximum Gasteiger partial charge on any atom is 0.338 e. The van der Waals surface area contributed by atoms with Crippen LogP contribution in [0.2, 0.25) is 0 Å². The minimum atomic E-state index is -1.21. The van der Waals surface area contributed by atoms with Crippen LogP contribution in [0.5, 0.6) is 0 Å². The first-order valence-electron chi connectivity index (χ1n) is 7.21. The molecule has 1 aliphatic rings. The van der Waals surface area contributed by atoms with Crippen LogP contribution in [0.25, 0.3) is 0 Å². The lowest BCUT2D eigenvalue weighted by Crippen LogP contribution is -2.34. The molecule has 0 amide bonds. The van der Waals surface area contributed by atoms with Crippen LogP contribution in [0.4, 0.5) is 4.39 Å². The summed E-state index contributed by atoms with van der Waals surface area (Å²) in [6.07, 6.45) is 2.37. The average molecular weight is 279 g/mol. The summed E-state index contributed by atoms with van der Waals surface area (Å²) in [5.41, 5.74) is 0.631. The topological polar surface area (TPSA) is 40.5 Å². The van der Waals surface area contributed by atoms with Crippen molar-refractivity contribution in [1.29, 1.82) is 0 Å². The monoisotopic (exact) mass is 279 g/mol. The summed E-state index contributed by atoms with van der Waals surface area (Å²) in [6, 6.07) is 4.38. The zero-order valence-corrected chi connectivity index (χ0v) is 12.1. The lowest BCUT2D eigenvalue weighted by atomic mass is 9.86. The molecule has 20 heavy (non-hydrogen) atoms. The predicted octanol–water partition coefficient (Wildman–Crippen LogP) is 3.39. The van der Waals surface area contributed by atoms with Gasteiger partial charge in [0.15, 0.2) is 0 Å². The summed E-state index contributed by atoms with van der Waals surface area (Å²) in [4.78, 5) is 13.2. The van der Waals surface area contributed by atoms with Crippen LogP contribution in [0.15, 0.2) is 18.2 Å². The number of halogens is 1. The van der Waals surface area contributed by atoms with Crippen LogP contribution >= 0.6 is 0 Å². The molecule has 1 N–H and O–H groups in total. The molecule has 0 saturated carbocycles. The Morgan fingerprint density at radius 1 is 1.40 bits per heavy atom. The molecule has 1 aromatic rings. The number of carboxylic acid groups (broad SMARTS) is 1. The second-order valence-electron chi connectivity index (χ2n) is 5.98. The Hall–Kier alpha value is -1.42. The van der Waals surface area contributed by atoms with Crippen molar-refractivity contribution >= 4 is 5.97 Å². The van der Waals surface area contributed by atoms with E-state index in [1.54, 1.807) is 6.07 Å². The van der Waals surface area contributed by atoms with Gasteiger partial charge in [-0.15, -0.1) is 0 Å². The van der Waals surface area contributed by atoms with Gasteiger partial charge in [-0.2, -0.15) is 0 Å². The van der Waals surface area contributed by atoms with E-state index >= 15 is 0 Å². The Morgan fingerprint density at radius 2 is 2.05 bits per heavy atom. The molecule has 1 aliphatic heterocycles. The fourth-order valence-corrected chi connectivity index (χ4v) is 2.87. The average Bonchev–Trinajstić information content (AvgIpc) is 2.41. The van der Waals surface area contributed by atoms with E-state index in [0.29, 0.717) is 6.54 Å². The van der Waals surface area contributed by atoms with Gasteiger partial charge >= 0.3 is 5.97 Å². The predicted molar refractivity (Wildman–Crippen MR) is 76.2 cm³/mol. The smallest absolute Gasteiger partial charge is 0.338 e. The molecular weight excluding hydrogens is 257 g/mol. The molecule has 1 heterocycles. The number of likely N-dealkylation sites (tertiary alicyclic amines) is 1. The number of aromatic carboxylic acids is 1. The van der Waals surface area contributed by atoms with E-state index in [0.717, 1.165) is 30.5 Å². The lowest BCUT2D eigenvalue weighted by Gasteiger charge is -2.33. The Balaban J connectivity index is 1.98. The fourth-order valence-electron chi connectivity index (χ4n) is 2.87. The Labute approximate surface area is 119 Å². The highest BCUT2D eigenvalue weighted by atomic mass is 19.1. The van der Waals surface area contributed by atoms with Gasteiger partial charge in [-0.05, 0) is 55.5 Å². The molecule has 1 saturated heterocycles. The zero-order valence-electron chi connectivity index (χ0n) is 12.1. The summed E-state index contributed by atoms with van der Waals surface area (Å²) >= 11 is 0. The van der Waals surface area contributed by atoms with Gasteiger partial charge < -0.3 is 5.11 Å². The van der Waals surface area contributed by atoms with Gasteiger partial charge in [-0.25, -0.2) is 9.18 Å². The second-order valence-corrected chi connectivity index (χ2v) is 5.98.